The van der Waals surface area contributed by atoms with Crippen LogP contribution in [0, 0.1) is 0 Å². The van der Waals surface area contributed by atoms with Gasteiger partial charge in [-0.15, -0.1) is 0 Å². The van der Waals surface area contributed by atoms with Gasteiger partial charge in [-0.05, 0) is 36.6 Å². The molecule has 0 bridgehead atoms. The predicted octanol–water partition coefficient (Wildman–Crippen LogP) is 1.60. The lowest BCUT2D eigenvalue weighted by atomic mass is 10.0. The third kappa shape index (κ3) is 2.06. The summed E-state index contributed by atoms with van der Waals surface area (Å²) in [5, 5.41) is 0. The lowest BCUT2D eigenvalue weighted by molar-refractivity contribution is 0.413. The van der Waals surface area contributed by atoms with Gasteiger partial charge in [0, 0.05) is 16.7 Å². The largest absolute Gasteiger partial charge is 0.497 e. The van der Waals surface area contributed by atoms with E-state index >= 15 is 0 Å². The average Bonchev–Trinajstić information content (AvgIpc) is 2.40. The van der Waals surface area contributed by atoms with E-state index in [1.165, 1.54) is 0 Å². The molecule has 0 amide bonds. The Morgan fingerprint density at radius 2 is 2.33 bits per heavy atom. The van der Waals surface area contributed by atoms with Crippen molar-refractivity contribution < 1.29 is 8.95 Å². The van der Waals surface area contributed by atoms with Crippen molar-refractivity contribution >= 4 is 10.8 Å². The molecule has 4 heteroatoms. The standard InChI is InChI=1S/C11H15NO2S/c1-14-8-4-5-11-9(7-8)10(12)3-2-6-15(11)13/h4-5,7,10H,2-3,6,12H2,1H3. The second-order valence-corrected chi connectivity index (χ2v) is 5.24. The Hall–Kier alpha value is -0.870. The van der Waals surface area contributed by atoms with Crippen LogP contribution in [0.4, 0.5) is 0 Å². The van der Waals surface area contributed by atoms with Crippen molar-refractivity contribution in [3.8, 4) is 5.75 Å². The van der Waals surface area contributed by atoms with Gasteiger partial charge in [0.05, 0.1) is 17.9 Å². The van der Waals surface area contributed by atoms with Gasteiger partial charge in [0.15, 0.2) is 0 Å². The van der Waals surface area contributed by atoms with E-state index in [0.717, 1.165) is 29.1 Å². The van der Waals surface area contributed by atoms with E-state index in [-0.39, 0.29) is 6.04 Å². The van der Waals surface area contributed by atoms with Gasteiger partial charge in [-0.25, -0.2) is 0 Å². The van der Waals surface area contributed by atoms with Crippen LogP contribution in [0.25, 0.3) is 0 Å². The number of ether oxygens (including phenoxy) is 1. The molecular formula is C11H15NO2S. The highest BCUT2D eigenvalue weighted by molar-refractivity contribution is 7.85. The average molecular weight is 225 g/mol. The molecule has 1 heterocycles. The molecule has 0 saturated heterocycles. The van der Waals surface area contributed by atoms with Gasteiger partial charge in [-0.3, -0.25) is 4.21 Å². The highest BCUT2D eigenvalue weighted by atomic mass is 32.2. The molecule has 2 atom stereocenters. The lowest BCUT2D eigenvalue weighted by Gasteiger charge is -2.12. The summed E-state index contributed by atoms with van der Waals surface area (Å²) in [6.45, 7) is 0. The molecule has 0 aliphatic carbocycles. The summed E-state index contributed by atoms with van der Waals surface area (Å²) >= 11 is 0. The maximum absolute atomic E-state index is 11.9. The molecule has 1 aliphatic heterocycles. The fraction of sp³-hybridized carbons (Fsp3) is 0.455. The maximum atomic E-state index is 11.9. The van der Waals surface area contributed by atoms with E-state index in [4.69, 9.17) is 10.5 Å². The summed E-state index contributed by atoms with van der Waals surface area (Å²) in [7, 11) is 0.727. The summed E-state index contributed by atoms with van der Waals surface area (Å²) < 4.78 is 17.0. The van der Waals surface area contributed by atoms with Crippen LogP contribution in [-0.2, 0) is 10.8 Å². The molecule has 2 N–H and O–H groups in total. The Morgan fingerprint density at radius 1 is 1.53 bits per heavy atom. The molecule has 3 nitrogen and oxygen atoms in total. The van der Waals surface area contributed by atoms with E-state index in [2.05, 4.69) is 0 Å². The SMILES string of the molecule is COc1ccc2c(c1)C(N)CCCS2=O. The molecule has 0 radical (unpaired) electrons. The van der Waals surface area contributed by atoms with Crippen molar-refractivity contribution in [2.24, 2.45) is 5.73 Å². The van der Waals surface area contributed by atoms with E-state index in [0.29, 0.717) is 5.75 Å². The van der Waals surface area contributed by atoms with Crippen LogP contribution in [0.1, 0.15) is 24.4 Å². The van der Waals surface area contributed by atoms with E-state index in [1.54, 1.807) is 7.11 Å². The van der Waals surface area contributed by atoms with Crippen LogP contribution >= 0.6 is 0 Å². The molecule has 2 unspecified atom stereocenters. The first-order chi connectivity index (χ1) is 7.22. The van der Waals surface area contributed by atoms with Crippen molar-refractivity contribution in [1.82, 2.24) is 0 Å². The van der Waals surface area contributed by atoms with Crippen molar-refractivity contribution in [2.45, 2.75) is 23.8 Å². The molecule has 15 heavy (non-hydrogen) atoms. The number of methoxy groups -OCH3 is 1. The maximum Gasteiger partial charge on any atom is 0.119 e. The fourth-order valence-electron chi connectivity index (χ4n) is 1.85. The Morgan fingerprint density at radius 3 is 3.07 bits per heavy atom. The zero-order valence-corrected chi connectivity index (χ0v) is 9.55. The molecule has 2 rings (SSSR count). The number of hydrogen-bond acceptors (Lipinski definition) is 3. The van der Waals surface area contributed by atoms with Crippen LogP contribution in [0.3, 0.4) is 0 Å². The molecule has 1 aromatic rings. The summed E-state index contributed by atoms with van der Waals surface area (Å²) in [5.41, 5.74) is 7.02. The minimum absolute atomic E-state index is 0.0125. The van der Waals surface area contributed by atoms with Crippen LogP contribution in [0.2, 0.25) is 0 Å². The Balaban J connectivity index is 2.50. The highest BCUT2D eigenvalue weighted by Crippen LogP contribution is 2.30. The summed E-state index contributed by atoms with van der Waals surface area (Å²) in [4.78, 5) is 0.876. The second kappa shape index (κ2) is 4.33. The zero-order chi connectivity index (χ0) is 10.8. The van der Waals surface area contributed by atoms with E-state index in [1.807, 2.05) is 18.2 Å². The number of hydrogen-bond donors (Lipinski definition) is 1. The minimum atomic E-state index is -0.899. The molecule has 1 aliphatic rings. The Bertz CT molecular complexity index is 392. The fourth-order valence-corrected chi connectivity index (χ4v) is 3.19. The van der Waals surface area contributed by atoms with Gasteiger partial charge >= 0.3 is 0 Å². The van der Waals surface area contributed by atoms with Crippen LogP contribution in [0.15, 0.2) is 23.1 Å². The molecule has 0 spiro atoms. The number of fused-ring (bicyclic) bond motifs is 1. The van der Waals surface area contributed by atoms with Gasteiger partial charge < -0.3 is 10.5 Å². The third-order valence-electron chi connectivity index (χ3n) is 2.71. The third-order valence-corrected chi connectivity index (χ3v) is 4.23. The molecule has 1 aromatic carbocycles. The van der Waals surface area contributed by atoms with Gasteiger partial charge in [-0.1, -0.05) is 0 Å². The smallest absolute Gasteiger partial charge is 0.119 e. The van der Waals surface area contributed by atoms with Crippen molar-refractivity contribution in [2.75, 3.05) is 12.9 Å². The topological polar surface area (TPSA) is 52.3 Å². The van der Waals surface area contributed by atoms with E-state index < -0.39 is 10.8 Å². The van der Waals surface area contributed by atoms with Crippen LogP contribution in [0.5, 0.6) is 5.75 Å². The number of nitrogens with two attached hydrogens (primary N) is 1. The predicted molar refractivity (Wildman–Crippen MR) is 60.4 cm³/mol. The summed E-state index contributed by atoms with van der Waals surface area (Å²) in [6, 6.07) is 5.61. The molecule has 82 valence electrons. The van der Waals surface area contributed by atoms with Crippen LogP contribution < -0.4 is 10.5 Å². The van der Waals surface area contributed by atoms with Gasteiger partial charge in [0.2, 0.25) is 0 Å². The van der Waals surface area contributed by atoms with Crippen molar-refractivity contribution in [3.05, 3.63) is 23.8 Å². The van der Waals surface area contributed by atoms with Crippen molar-refractivity contribution in [1.29, 1.82) is 0 Å². The summed E-state index contributed by atoms with van der Waals surface area (Å²) in [5.74, 6) is 1.50. The lowest BCUT2D eigenvalue weighted by Crippen LogP contribution is -2.10. The quantitative estimate of drug-likeness (QED) is 0.789. The molecular weight excluding hydrogens is 210 g/mol. The first kappa shape index (κ1) is 10.6. The minimum Gasteiger partial charge on any atom is -0.497 e. The van der Waals surface area contributed by atoms with Gasteiger partial charge in [0.25, 0.3) is 0 Å². The zero-order valence-electron chi connectivity index (χ0n) is 8.73. The number of benzene rings is 1. The number of rotatable bonds is 1. The first-order valence-electron chi connectivity index (χ1n) is 5.04. The normalized spacial score (nSPS) is 25.5. The summed E-state index contributed by atoms with van der Waals surface area (Å²) in [6.07, 6.45) is 1.82. The van der Waals surface area contributed by atoms with Gasteiger partial charge in [0.1, 0.15) is 5.75 Å². The Labute approximate surface area is 92.1 Å². The molecule has 0 fully saturated rings. The van der Waals surface area contributed by atoms with E-state index in [9.17, 15) is 4.21 Å². The molecule has 0 aromatic heterocycles. The van der Waals surface area contributed by atoms with Crippen LogP contribution in [-0.4, -0.2) is 17.1 Å². The highest BCUT2D eigenvalue weighted by Gasteiger charge is 2.20. The first-order valence-corrected chi connectivity index (χ1v) is 6.36. The van der Waals surface area contributed by atoms with Crippen molar-refractivity contribution in [3.63, 3.8) is 0 Å². The second-order valence-electron chi connectivity index (χ2n) is 3.70. The van der Waals surface area contributed by atoms with Gasteiger partial charge in [-0.2, -0.15) is 0 Å². The Kier molecular flexibility index (Phi) is 3.07. The monoisotopic (exact) mass is 225 g/mol. The molecule has 0 saturated carbocycles.